The van der Waals surface area contributed by atoms with Gasteiger partial charge in [0.25, 0.3) is 5.56 Å². The molecule has 2 heterocycles. The first-order valence-electron chi connectivity index (χ1n) is 6.92. The molecule has 0 unspecified atom stereocenters. The molecule has 1 N–H and O–H groups in total. The second kappa shape index (κ2) is 5.21. The first-order valence-corrected chi connectivity index (χ1v) is 8.21. The number of aromatic nitrogens is 2. The molecule has 102 valence electrons. The van der Waals surface area contributed by atoms with Crippen LogP contribution in [-0.2, 0) is 0 Å². The van der Waals surface area contributed by atoms with Crippen molar-refractivity contribution in [2.45, 2.75) is 45.1 Å². The van der Waals surface area contributed by atoms with Gasteiger partial charge < -0.3 is 4.98 Å². The summed E-state index contributed by atoms with van der Waals surface area (Å²) in [6, 6.07) is 2.21. The lowest BCUT2D eigenvalue weighted by molar-refractivity contribution is 0.263. The number of rotatable bonds is 2. The van der Waals surface area contributed by atoms with E-state index in [1.165, 1.54) is 30.6 Å². The van der Waals surface area contributed by atoms with Crippen molar-refractivity contribution < 1.29 is 0 Å². The van der Waals surface area contributed by atoms with Crippen molar-refractivity contribution in [1.82, 2.24) is 9.55 Å². The van der Waals surface area contributed by atoms with Gasteiger partial charge in [0.2, 0.25) is 0 Å². The number of thiophene rings is 1. The van der Waals surface area contributed by atoms with Gasteiger partial charge in [0.15, 0.2) is 4.77 Å². The summed E-state index contributed by atoms with van der Waals surface area (Å²) in [5.41, 5.74) is 0.965. The predicted molar refractivity (Wildman–Crippen MR) is 82.6 cm³/mol. The van der Waals surface area contributed by atoms with Crippen molar-refractivity contribution in [2.24, 2.45) is 5.92 Å². The fraction of sp³-hybridized carbons (Fsp3) is 0.571. The molecule has 19 heavy (non-hydrogen) atoms. The van der Waals surface area contributed by atoms with Gasteiger partial charge in [-0.05, 0) is 55.3 Å². The lowest BCUT2D eigenvalue weighted by atomic mass is 9.84. The van der Waals surface area contributed by atoms with E-state index in [9.17, 15) is 4.79 Å². The Morgan fingerprint density at radius 2 is 2.16 bits per heavy atom. The molecule has 1 saturated carbocycles. The van der Waals surface area contributed by atoms with Gasteiger partial charge >= 0.3 is 0 Å². The van der Waals surface area contributed by atoms with Crippen molar-refractivity contribution in [2.75, 3.05) is 0 Å². The largest absolute Gasteiger partial charge is 0.331 e. The van der Waals surface area contributed by atoms with Crippen LogP contribution in [0, 0.1) is 10.7 Å². The molecule has 0 spiro atoms. The molecule has 2 aromatic rings. The summed E-state index contributed by atoms with van der Waals surface area (Å²) < 4.78 is 3.20. The summed E-state index contributed by atoms with van der Waals surface area (Å²) >= 11 is 6.88. The van der Waals surface area contributed by atoms with Gasteiger partial charge in [0.1, 0.15) is 4.70 Å². The molecule has 1 fully saturated rings. The molecule has 3 rings (SSSR count). The normalized spacial score (nSPS) is 23.8. The van der Waals surface area contributed by atoms with Crippen LogP contribution in [0.15, 0.2) is 16.2 Å². The Kier molecular flexibility index (Phi) is 3.58. The Morgan fingerprint density at radius 3 is 2.84 bits per heavy atom. The molecule has 0 amide bonds. The lowest BCUT2D eigenvalue weighted by Gasteiger charge is -2.29. The monoisotopic (exact) mass is 294 g/mol. The minimum absolute atomic E-state index is 0.0914. The van der Waals surface area contributed by atoms with Crippen molar-refractivity contribution in [3.05, 3.63) is 26.6 Å². The lowest BCUT2D eigenvalue weighted by Crippen LogP contribution is -2.29. The number of nitrogens with zero attached hydrogens (tertiary/aromatic N) is 1. The minimum atomic E-state index is 0.0914. The Bertz CT molecular complexity index is 689. The van der Waals surface area contributed by atoms with Crippen LogP contribution in [0.25, 0.3) is 10.2 Å². The molecule has 0 aromatic carbocycles. The van der Waals surface area contributed by atoms with Crippen molar-refractivity contribution in [3.8, 4) is 0 Å². The Hall–Kier alpha value is -0.940. The van der Waals surface area contributed by atoms with Crippen LogP contribution in [0.2, 0.25) is 0 Å². The van der Waals surface area contributed by atoms with E-state index in [2.05, 4.69) is 11.9 Å². The highest BCUT2D eigenvalue weighted by Crippen LogP contribution is 2.33. The zero-order valence-corrected chi connectivity index (χ0v) is 12.6. The molecule has 1 aliphatic rings. The van der Waals surface area contributed by atoms with Crippen molar-refractivity contribution >= 4 is 33.8 Å². The third-order valence-corrected chi connectivity index (χ3v) is 5.50. The summed E-state index contributed by atoms with van der Waals surface area (Å²) in [5.74, 6) is 0.829. The molecule has 3 nitrogen and oxygen atoms in total. The number of hydrogen-bond donors (Lipinski definition) is 1. The molecule has 0 saturated heterocycles. The maximum absolute atomic E-state index is 12.5. The van der Waals surface area contributed by atoms with Crippen LogP contribution in [0.5, 0.6) is 0 Å². The molecule has 0 bridgehead atoms. The molecule has 5 heteroatoms. The number of nitrogens with one attached hydrogen (secondary N) is 1. The second-order valence-corrected chi connectivity index (χ2v) is 6.65. The molecular formula is C14H18N2OS2. The Morgan fingerprint density at radius 1 is 1.42 bits per heavy atom. The highest BCUT2D eigenvalue weighted by atomic mass is 32.1. The average molecular weight is 294 g/mol. The van der Waals surface area contributed by atoms with Crippen LogP contribution in [0.1, 0.15) is 45.1 Å². The van der Waals surface area contributed by atoms with E-state index in [-0.39, 0.29) is 11.6 Å². The van der Waals surface area contributed by atoms with E-state index < -0.39 is 0 Å². The number of hydrogen-bond acceptors (Lipinski definition) is 3. The topological polar surface area (TPSA) is 37.8 Å². The maximum atomic E-state index is 12.5. The summed E-state index contributed by atoms with van der Waals surface area (Å²) in [4.78, 5) is 15.7. The molecule has 0 aliphatic heterocycles. The van der Waals surface area contributed by atoms with Gasteiger partial charge in [0, 0.05) is 6.04 Å². The van der Waals surface area contributed by atoms with Crippen LogP contribution in [-0.4, -0.2) is 9.55 Å². The van der Waals surface area contributed by atoms with E-state index in [0.717, 1.165) is 29.0 Å². The van der Waals surface area contributed by atoms with Gasteiger partial charge in [-0.15, -0.1) is 11.3 Å². The SMILES string of the molecule is CCC1CCC(n2c(=S)[nH]c3ccsc3c2=O)CC1. The van der Waals surface area contributed by atoms with Gasteiger partial charge in [-0.3, -0.25) is 9.36 Å². The summed E-state index contributed by atoms with van der Waals surface area (Å²) in [7, 11) is 0. The van der Waals surface area contributed by atoms with E-state index in [0.29, 0.717) is 4.77 Å². The summed E-state index contributed by atoms with van der Waals surface area (Å²) in [6.07, 6.45) is 5.83. The van der Waals surface area contributed by atoms with E-state index in [4.69, 9.17) is 12.2 Å². The number of fused-ring (bicyclic) bond motifs is 1. The number of H-pyrrole nitrogens is 1. The molecule has 1 aliphatic carbocycles. The van der Waals surface area contributed by atoms with Crippen molar-refractivity contribution in [3.63, 3.8) is 0 Å². The Balaban J connectivity index is 2.01. The molecular weight excluding hydrogens is 276 g/mol. The van der Waals surface area contributed by atoms with Crippen LogP contribution >= 0.6 is 23.6 Å². The smallest absolute Gasteiger partial charge is 0.272 e. The zero-order valence-electron chi connectivity index (χ0n) is 11.0. The van der Waals surface area contributed by atoms with Crippen LogP contribution in [0.4, 0.5) is 0 Å². The fourth-order valence-corrected chi connectivity index (χ4v) is 4.22. The molecule has 0 radical (unpaired) electrons. The average Bonchev–Trinajstić information content (AvgIpc) is 2.88. The first-order chi connectivity index (χ1) is 9.20. The number of aromatic amines is 1. The first kappa shape index (κ1) is 13.1. The summed E-state index contributed by atoms with van der Waals surface area (Å²) in [6.45, 7) is 2.25. The minimum Gasteiger partial charge on any atom is -0.331 e. The van der Waals surface area contributed by atoms with E-state index >= 15 is 0 Å². The quantitative estimate of drug-likeness (QED) is 0.840. The second-order valence-electron chi connectivity index (χ2n) is 5.35. The Labute approximate surface area is 121 Å². The third kappa shape index (κ3) is 2.30. The van der Waals surface area contributed by atoms with E-state index in [1.807, 2.05) is 16.0 Å². The van der Waals surface area contributed by atoms with Crippen LogP contribution in [0.3, 0.4) is 0 Å². The van der Waals surface area contributed by atoms with Gasteiger partial charge in [0.05, 0.1) is 5.52 Å². The molecule has 0 atom stereocenters. The van der Waals surface area contributed by atoms with Crippen molar-refractivity contribution in [1.29, 1.82) is 0 Å². The highest BCUT2D eigenvalue weighted by molar-refractivity contribution is 7.71. The third-order valence-electron chi connectivity index (χ3n) is 4.30. The predicted octanol–water partition coefficient (Wildman–Crippen LogP) is 4.26. The highest BCUT2D eigenvalue weighted by Gasteiger charge is 2.23. The standard InChI is InChI=1S/C14H18N2OS2/c1-2-9-3-5-10(6-4-9)16-13(17)12-11(7-8-19-12)15-14(16)18/h7-10H,2-6H2,1H3,(H,15,18). The van der Waals surface area contributed by atoms with Crippen LogP contribution < -0.4 is 5.56 Å². The fourth-order valence-electron chi connectivity index (χ4n) is 3.09. The van der Waals surface area contributed by atoms with Gasteiger partial charge in [-0.1, -0.05) is 13.3 Å². The maximum Gasteiger partial charge on any atom is 0.272 e. The molecule has 2 aromatic heterocycles. The summed E-state index contributed by atoms with van der Waals surface area (Å²) in [5, 5.41) is 1.94. The van der Waals surface area contributed by atoms with Gasteiger partial charge in [-0.25, -0.2) is 0 Å². The zero-order chi connectivity index (χ0) is 13.4. The van der Waals surface area contributed by atoms with Gasteiger partial charge in [-0.2, -0.15) is 0 Å². The van der Waals surface area contributed by atoms with E-state index in [1.54, 1.807) is 0 Å².